The molecule has 0 aromatic rings. The van der Waals surface area contributed by atoms with Gasteiger partial charge in [0.1, 0.15) is 6.10 Å². The van der Waals surface area contributed by atoms with E-state index in [2.05, 4.69) is 51.8 Å². The van der Waals surface area contributed by atoms with Crippen molar-refractivity contribution in [2.75, 3.05) is 19.7 Å². The van der Waals surface area contributed by atoms with Crippen LogP contribution in [0.3, 0.4) is 0 Å². The molecule has 1 atom stereocenters. The van der Waals surface area contributed by atoms with E-state index in [1.807, 2.05) is 0 Å². The van der Waals surface area contributed by atoms with E-state index in [0.29, 0.717) is 5.41 Å². The summed E-state index contributed by atoms with van der Waals surface area (Å²) in [6.45, 7) is 14.0. The van der Waals surface area contributed by atoms with Crippen LogP contribution in [0.1, 0.15) is 60.3 Å². The fourth-order valence-electron chi connectivity index (χ4n) is 3.66. The average Bonchev–Trinajstić information content (AvgIpc) is 2.80. The standard InChI is InChI=1S/C18H33NO2/c1-6-12-19(7-2)13-16-14-20-18(21-16)10-8-15(9-11-18)17(3,4)5/h6,12,15-16H,7-11,13-14H2,1-5H3/b12-6-. The summed E-state index contributed by atoms with van der Waals surface area (Å²) in [6, 6.07) is 0. The van der Waals surface area contributed by atoms with E-state index in [9.17, 15) is 0 Å². The predicted octanol–water partition coefficient (Wildman–Crippen LogP) is 4.19. The zero-order valence-corrected chi connectivity index (χ0v) is 14.5. The zero-order valence-electron chi connectivity index (χ0n) is 14.5. The van der Waals surface area contributed by atoms with Gasteiger partial charge < -0.3 is 14.4 Å². The van der Waals surface area contributed by atoms with E-state index < -0.39 is 0 Å². The molecule has 0 radical (unpaired) electrons. The van der Waals surface area contributed by atoms with Gasteiger partial charge >= 0.3 is 0 Å². The number of hydrogen-bond donors (Lipinski definition) is 0. The monoisotopic (exact) mass is 295 g/mol. The Bertz CT molecular complexity index is 351. The van der Waals surface area contributed by atoms with Gasteiger partial charge in [-0.15, -0.1) is 0 Å². The van der Waals surface area contributed by atoms with Crippen LogP contribution in [0.15, 0.2) is 12.3 Å². The van der Waals surface area contributed by atoms with Crippen molar-refractivity contribution in [3.05, 3.63) is 12.3 Å². The van der Waals surface area contributed by atoms with Gasteiger partial charge in [0.2, 0.25) is 0 Å². The van der Waals surface area contributed by atoms with Crippen LogP contribution >= 0.6 is 0 Å². The van der Waals surface area contributed by atoms with Gasteiger partial charge in [-0.3, -0.25) is 0 Å². The summed E-state index contributed by atoms with van der Waals surface area (Å²) >= 11 is 0. The van der Waals surface area contributed by atoms with Crippen molar-refractivity contribution in [1.82, 2.24) is 4.90 Å². The normalized spacial score (nSPS) is 34.0. The lowest BCUT2D eigenvalue weighted by Gasteiger charge is -2.41. The minimum atomic E-state index is -0.276. The van der Waals surface area contributed by atoms with E-state index in [4.69, 9.17) is 9.47 Å². The predicted molar refractivity (Wildman–Crippen MR) is 87.0 cm³/mol. The van der Waals surface area contributed by atoms with Crippen molar-refractivity contribution in [1.29, 1.82) is 0 Å². The van der Waals surface area contributed by atoms with E-state index in [0.717, 1.165) is 38.5 Å². The van der Waals surface area contributed by atoms with E-state index >= 15 is 0 Å². The van der Waals surface area contributed by atoms with Crippen molar-refractivity contribution < 1.29 is 9.47 Å². The van der Waals surface area contributed by atoms with Crippen LogP contribution in [0.4, 0.5) is 0 Å². The highest BCUT2D eigenvalue weighted by atomic mass is 16.7. The Kier molecular flexibility index (Phi) is 5.37. The molecule has 1 unspecified atom stereocenters. The van der Waals surface area contributed by atoms with Crippen LogP contribution in [0.25, 0.3) is 0 Å². The minimum Gasteiger partial charge on any atom is -0.375 e. The third kappa shape index (κ3) is 4.23. The molecule has 2 fully saturated rings. The first kappa shape index (κ1) is 16.8. The van der Waals surface area contributed by atoms with Crippen LogP contribution in [0.5, 0.6) is 0 Å². The summed E-state index contributed by atoms with van der Waals surface area (Å²) < 4.78 is 12.4. The van der Waals surface area contributed by atoms with Crippen molar-refractivity contribution in [2.24, 2.45) is 11.3 Å². The fourth-order valence-corrected chi connectivity index (χ4v) is 3.66. The number of ether oxygens (including phenoxy) is 2. The first-order chi connectivity index (χ1) is 9.88. The SMILES string of the molecule is C/C=C\N(CC)CC1COC2(CCC(C(C)(C)C)CC2)O1. The van der Waals surface area contributed by atoms with Crippen molar-refractivity contribution in [3.8, 4) is 0 Å². The molecule has 0 aromatic heterocycles. The lowest BCUT2D eigenvalue weighted by Crippen LogP contribution is -2.39. The molecule has 1 aliphatic heterocycles. The van der Waals surface area contributed by atoms with E-state index in [1.165, 1.54) is 12.8 Å². The quantitative estimate of drug-likeness (QED) is 0.776. The highest BCUT2D eigenvalue weighted by Crippen LogP contribution is 2.45. The molecular formula is C18H33NO2. The molecule has 1 heterocycles. The maximum atomic E-state index is 6.33. The second kappa shape index (κ2) is 6.70. The first-order valence-corrected chi connectivity index (χ1v) is 8.57. The maximum absolute atomic E-state index is 6.33. The Labute approximate surface area is 130 Å². The van der Waals surface area contributed by atoms with Crippen molar-refractivity contribution in [2.45, 2.75) is 72.2 Å². The minimum absolute atomic E-state index is 0.215. The molecule has 2 rings (SSSR count). The van der Waals surface area contributed by atoms with E-state index in [1.54, 1.807) is 0 Å². The van der Waals surface area contributed by atoms with Gasteiger partial charge in [-0.05, 0) is 44.2 Å². The Hall–Kier alpha value is -0.540. The summed E-state index contributed by atoms with van der Waals surface area (Å²) in [5.74, 6) is 0.520. The largest absolute Gasteiger partial charge is 0.375 e. The van der Waals surface area contributed by atoms with Gasteiger partial charge in [-0.25, -0.2) is 0 Å². The van der Waals surface area contributed by atoms with Crippen LogP contribution in [0.2, 0.25) is 0 Å². The fraction of sp³-hybridized carbons (Fsp3) is 0.889. The molecule has 3 nitrogen and oxygen atoms in total. The lowest BCUT2D eigenvalue weighted by atomic mass is 9.71. The summed E-state index contributed by atoms with van der Waals surface area (Å²) in [4.78, 5) is 2.30. The maximum Gasteiger partial charge on any atom is 0.169 e. The third-order valence-electron chi connectivity index (χ3n) is 5.09. The average molecular weight is 295 g/mol. The van der Waals surface area contributed by atoms with Gasteiger partial charge in [-0.1, -0.05) is 26.8 Å². The second-order valence-corrected chi connectivity index (χ2v) is 7.67. The molecule has 21 heavy (non-hydrogen) atoms. The molecule has 0 amide bonds. The molecule has 2 aliphatic rings. The molecular weight excluding hydrogens is 262 g/mol. The third-order valence-corrected chi connectivity index (χ3v) is 5.09. The Morgan fingerprint density at radius 3 is 2.43 bits per heavy atom. The molecule has 1 aliphatic carbocycles. The van der Waals surface area contributed by atoms with Gasteiger partial charge in [-0.2, -0.15) is 0 Å². The smallest absolute Gasteiger partial charge is 0.169 e. The molecule has 1 saturated carbocycles. The number of nitrogens with zero attached hydrogens (tertiary/aromatic N) is 1. The van der Waals surface area contributed by atoms with Gasteiger partial charge in [0, 0.05) is 25.9 Å². The number of hydrogen-bond acceptors (Lipinski definition) is 3. The number of rotatable bonds is 4. The summed E-state index contributed by atoms with van der Waals surface area (Å²) in [5, 5.41) is 0. The summed E-state index contributed by atoms with van der Waals surface area (Å²) in [7, 11) is 0. The Morgan fingerprint density at radius 2 is 1.90 bits per heavy atom. The summed E-state index contributed by atoms with van der Waals surface area (Å²) in [6.07, 6.45) is 9.01. The van der Waals surface area contributed by atoms with Gasteiger partial charge in [0.25, 0.3) is 0 Å². The van der Waals surface area contributed by atoms with Crippen molar-refractivity contribution in [3.63, 3.8) is 0 Å². The molecule has 3 heteroatoms. The molecule has 0 aromatic carbocycles. The molecule has 1 saturated heterocycles. The zero-order chi connectivity index (χ0) is 15.5. The Balaban J connectivity index is 1.85. The molecule has 0 bridgehead atoms. The van der Waals surface area contributed by atoms with Crippen molar-refractivity contribution >= 4 is 0 Å². The molecule has 122 valence electrons. The molecule has 1 spiro atoms. The summed E-state index contributed by atoms with van der Waals surface area (Å²) in [5.41, 5.74) is 0.407. The lowest BCUT2D eigenvalue weighted by molar-refractivity contribution is -0.197. The highest BCUT2D eigenvalue weighted by molar-refractivity contribution is 4.90. The van der Waals surface area contributed by atoms with Crippen LogP contribution in [-0.2, 0) is 9.47 Å². The molecule has 0 N–H and O–H groups in total. The van der Waals surface area contributed by atoms with E-state index in [-0.39, 0.29) is 11.9 Å². The van der Waals surface area contributed by atoms with Crippen LogP contribution < -0.4 is 0 Å². The second-order valence-electron chi connectivity index (χ2n) is 7.67. The van der Waals surface area contributed by atoms with Crippen LogP contribution in [-0.4, -0.2) is 36.5 Å². The van der Waals surface area contributed by atoms with Gasteiger partial charge in [0.15, 0.2) is 5.79 Å². The highest BCUT2D eigenvalue weighted by Gasteiger charge is 2.45. The first-order valence-electron chi connectivity index (χ1n) is 8.57. The topological polar surface area (TPSA) is 21.7 Å². The van der Waals surface area contributed by atoms with Crippen LogP contribution in [0, 0.1) is 11.3 Å². The number of allylic oxidation sites excluding steroid dienone is 1. The Morgan fingerprint density at radius 1 is 1.24 bits per heavy atom. The van der Waals surface area contributed by atoms with Gasteiger partial charge in [0.05, 0.1) is 6.61 Å². The number of likely N-dealkylation sites (N-methyl/N-ethyl adjacent to an activating group) is 1.